The Balaban J connectivity index is 2.41. The Bertz CT molecular complexity index is 483. The van der Waals surface area contributed by atoms with Crippen molar-refractivity contribution < 1.29 is 4.39 Å². The normalized spacial score (nSPS) is 12.4. The average Bonchev–Trinajstić information content (AvgIpc) is 2.32. The SMILES string of the molecule is Nc1ccc(F)cc1C(N)c1ccccc1. The van der Waals surface area contributed by atoms with Crippen LogP contribution in [0, 0.1) is 5.82 Å². The first-order valence-electron chi connectivity index (χ1n) is 5.04. The summed E-state index contributed by atoms with van der Waals surface area (Å²) in [6.45, 7) is 0. The molecule has 0 saturated heterocycles. The number of hydrogen-bond acceptors (Lipinski definition) is 2. The van der Waals surface area contributed by atoms with Crippen LogP contribution in [0.2, 0.25) is 0 Å². The fourth-order valence-electron chi connectivity index (χ4n) is 1.65. The molecule has 2 aromatic carbocycles. The van der Waals surface area contributed by atoms with Crippen molar-refractivity contribution in [1.29, 1.82) is 0 Å². The second kappa shape index (κ2) is 4.33. The van der Waals surface area contributed by atoms with Crippen molar-refractivity contribution in [3.63, 3.8) is 0 Å². The highest BCUT2D eigenvalue weighted by atomic mass is 19.1. The third kappa shape index (κ3) is 2.04. The lowest BCUT2D eigenvalue weighted by Crippen LogP contribution is -2.14. The second-order valence-electron chi connectivity index (χ2n) is 3.66. The number of nitrogen functional groups attached to an aromatic ring is 1. The monoisotopic (exact) mass is 216 g/mol. The Morgan fingerprint density at radius 2 is 1.69 bits per heavy atom. The summed E-state index contributed by atoms with van der Waals surface area (Å²) in [5, 5.41) is 0. The largest absolute Gasteiger partial charge is 0.398 e. The van der Waals surface area contributed by atoms with E-state index >= 15 is 0 Å². The number of hydrogen-bond donors (Lipinski definition) is 2. The third-order valence-electron chi connectivity index (χ3n) is 2.54. The van der Waals surface area contributed by atoms with Crippen molar-refractivity contribution in [2.45, 2.75) is 6.04 Å². The van der Waals surface area contributed by atoms with Crippen LogP contribution in [0.4, 0.5) is 10.1 Å². The average molecular weight is 216 g/mol. The molecule has 0 aromatic heterocycles. The Hall–Kier alpha value is -1.87. The van der Waals surface area contributed by atoms with Crippen LogP contribution in [0.1, 0.15) is 17.2 Å². The maximum absolute atomic E-state index is 13.1. The Morgan fingerprint density at radius 3 is 2.38 bits per heavy atom. The number of halogens is 1. The van der Waals surface area contributed by atoms with Crippen LogP contribution in [0.3, 0.4) is 0 Å². The molecule has 82 valence electrons. The van der Waals surface area contributed by atoms with Crippen LogP contribution in [0.15, 0.2) is 48.5 Å². The third-order valence-corrected chi connectivity index (χ3v) is 2.54. The van der Waals surface area contributed by atoms with E-state index in [-0.39, 0.29) is 5.82 Å². The number of anilines is 1. The van der Waals surface area contributed by atoms with Crippen molar-refractivity contribution >= 4 is 5.69 Å². The standard InChI is InChI=1S/C13H13FN2/c14-10-6-7-12(15)11(8-10)13(16)9-4-2-1-3-5-9/h1-8,13H,15-16H2. The molecule has 1 unspecified atom stereocenters. The fourth-order valence-corrected chi connectivity index (χ4v) is 1.65. The molecule has 4 N–H and O–H groups in total. The van der Waals surface area contributed by atoms with Crippen LogP contribution in [0.25, 0.3) is 0 Å². The molecule has 16 heavy (non-hydrogen) atoms. The van der Waals surface area contributed by atoms with Gasteiger partial charge < -0.3 is 11.5 Å². The molecule has 0 aliphatic rings. The summed E-state index contributed by atoms with van der Waals surface area (Å²) in [7, 11) is 0. The lowest BCUT2D eigenvalue weighted by molar-refractivity contribution is 0.624. The molecule has 0 spiro atoms. The summed E-state index contributed by atoms with van der Waals surface area (Å²) >= 11 is 0. The smallest absolute Gasteiger partial charge is 0.123 e. The van der Waals surface area contributed by atoms with Crippen LogP contribution in [-0.2, 0) is 0 Å². The molecule has 0 saturated carbocycles. The van der Waals surface area contributed by atoms with E-state index in [0.29, 0.717) is 11.3 Å². The Morgan fingerprint density at radius 1 is 1.00 bits per heavy atom. The highest BCUT2D eigenvalue weighted by Gasteiger charge is 2.12. The maximum atomic E-state index is 13.1. The zero-order chi connectivity index (χ0) is 11.5. The zero-order valence-corrected chi connectivity index (χ0v) is 8.73. The molecule has 1 atom stereocenters. The van der Waals surface area contributed by atoms with Crippen LogP contribution in [-0.4, -0.2) is 0 Å². The van der Waals surface area contributed by atoms with E-state index in [1.54, 1.807) is 0 Å². The molecule has 2 rings (SSSR count). The molecule has 0 fully saturated rings. The van der Waals surface area contributed by atoms with Gasteiger partial charge in [0.15, 0.2) is 0 Å². The van der Waals surface area contributed by atoms with E-state index in [0.717, 1.165) is 5.56 Å². The van der Waals surface area contributed by atoms with E-state index < -0.39 is 6.04 Å². The minimum atomic E-state index is -0.392. The van der Waals surface area contributed by atoms with Crippen LogP contribution < -0.4 is 11.5 Å². The molecule has 0 amide bonds. The number of nitrogens with two attached hydrogens (primary N) is 2. The van der Waals surface area contributed by atoms with E-state index in [4.69, 9.17) is 11.5 Å². The summed E-state index contributed by atoms with van der Waals surface area (Å²) < 4.78 is 13.1. The van der Waals surface area contributed by atoms with Crippen LogP contribution in [0.5, 0.6) is 0 Å². The Kier molecular flexibility index (Phi) is 2.88. The molecule has 0 radical (unpaired) electrons. The predicted molar refractivity (Wildman–Crippen MR) is 63.3 cm³/mol. The van der Waals surface area contributed by atoms with Gasteiger partial charge in [0.1, 0.15) is 5.82 Å². The predicted octanol–water partition coefficient (Wildman–Crippen LogP) is 2.46. The molecule has 0 bridgehead atoms. The summed E-state index contributed by atoms with van der Waals surface area (Å²) in [6.07, 6.45) is 0. The summed E-state index contributed by atoms with van der Waals surface area (Å²) in [5.41, 5.74) is 13.9. The van der Waals surface area contributed by atoms with Crippen molar-refractivity contribution in [2.24, 2.45) is 5.73 Å². The van der Waals surface area contributed by atoms with Crippen molar-refractivity contribution in [3.05, 3.63) is 65.5 Å². The summed E-state index contributed by atoms with van der Waals surface area (Å²) in [5.74, 6) is -0.324. The van der Waals surface area contributed by atoms with E-state index in [2.05, 4.69) is 0 Å². The highest BCUT2D eigenvalue weighted by molar-refractivity contribution is 5.51. The molecule has 3 heteroatoms. The van der Waals surface area contributed by atoms with Gasteiger partial charge in [-0.25, -0.2) is 4.39 Å². The van der Waals surface area contributed by atoms with E-state index in [9.17, 15) is 4.39 Å². The summed E-state index contributed by atoms with van der Waals surface area (Å²) in [4.78, 5) is 0. The minimum absolute atomic E-state index is 0.324. The van der Waals surface area contributed by atoms with Crippen molar-refractivity contribution in [3.8, 4) is 0 Å². The second-order valence-corrected chi connectivity index (χ2v) is 3.66. The van der Waals surface area contributed by atoms with Gasteiger partial charge in [-0.05, 0) is 29.3 Å². The lowest BCUT2D eigenvalue weighted by atomic mass is 9.98. The van der Waals surface area contributed by atoms with Gasteiger partial charge in [-0.2, -0.15) is 0 Å². The van der Waals surface area contributed by atoms with Gasteiger partial charge in [0, 0.05) is 5.69 Å². The van der Waals surface area contributed by atoms with Crippen LogP contribution >= 0.6 is 0 Å². The molecular formula is C13H13FN2. The first-order chi connectivity index (χ1) is 7.68. The fraction of sp³-hybridized carbons (Fsp3) is 0.0769. The minimum Gasteiger partial charge on any atom is -0.398 e. The van der Waals surface area contributed by atoms with Crippen molar-refractivity contribution in [2.75, 3.05) is 5.73 Å². The molecule has 2 aromatic rings. The quantitative estimate of drug-likeness (QED) is 0.757. The van der Waals surface area contributed by atoms with Gasteiger partial charge in [-0.3, -0.25) is 0 Å². The van der Waals surface area contributed by atoms with Crippen molar-refractivity contribution in [1.82, 2.24) is 0 Å². The molecule has 0 aliphatic carbocycles. The lowest BCUT2D eigenvalue weighted by Gasteiger charge is -2.14. The Labute approximate surface area is 93.7 Å². The molecule has 0 heterocycles. The van der Waals surface area contributed by atoms with Gasteiger partial charge >= 0.3 is 0 Å². The summed E-state index contributed by atoms with van der Waals surface area (Å²) in [6, 6.07) is 13.3. The maximum Gasteiger partial charge on any atom is 0.123 e. The number of benzene rings is 2. The van der Waals surface area contributed by atoms with E-state index in [1.165, 1.54) is 18.2 Å². The van der Waals surface area contributed by atoms with Gasteiger partial charge in [0.2, 0.25) is 0 Å². The van der Waals surface area contributed by atoms with Gasteiger partial charge in [0.25, 0.3) is 0 Å². The highest BCUT2D eigenvalue weighted by Crippen LogP contribution is 2.25. The van der Waals surface area contributed by atoms with Gasteiger partial charge in [-0.1, -0.05) is 30.3 Å². The van der Waals surface area contributed by atoms with E-state index in [1.807, 2.05) is 30.3 Å². The molecular weight excluding hydrogens is 203 g/mol. The number of rotatable bonds is 2. The first-order valence-corrected chi connectivity index (χ1v) is 5.04. The zero-order valence-electron chi connectivity index (χ0n) is 8.73. The molecule has 2 nitrogen and oxygen atoms in total. The van der Waals surface area contributed by atoms with Gasteiger partial charge in [0.05, 0.1) is 6.04 Å². The molecule has 0 aliphatic heterocycles. The first kappa shape index (κ1) is 10.6. The topological polar surface area (TPSA) is 52.0 Å². The van der Waals surface area contributed by atoms with Gasteiger partial charge in [-0.15, -0.1) is 0 Å².